The number of ether oxygens (including phenoxy) is 6. The van der Waals surface area contributed by atoms with Gasteiger partial charge in [-0.05, 0) is 31.2 Å². The smallest absolute Gasteiger partial charge is 0.239 e. The Morgan fingerprint density at radius 1 is 0.745 bits per heavy atom. The van der Waals surface area contributed by atoms with Gasteiger partial charge < -0.3 is 89.0 Å². The molecule has 51 heavy (non-hydrogen) atoms. The van der Waals surface area contributed by atoms with E-state index < -0.39 is 127 Å². The Hall–Kier alpha value is -3.67. The van der Waals surface area contributed by atoms with Crippen LogP contribution < -0.4 is 10.2 Å². The SMILES string of the molecule is C[C@H]1O[C@H](OC[C@@H]2O[C@H](Oc3c(-c4ccc(O)cc4)oc4cc(O)cc(O)c4c3=O)[C@@H](O[C@H]3OC[C@H](O)[C@@H](O)[C@@H]3O)[C@H](O)[C@H]2O)[C@@H](O)[C@@H](O)[C@@H]1O. The quantitative estimate of drug-likeness (QED) is 0.111. The standard InChI is InChI=1S/C32H38O19/c1-10-19(37)23(41)26(44)30(47-10)46-9-17-21(39)24(42)29(51-31-25(43)20(38)15(36)8-45-31)32(49-17)50-28-22(40)18-14(35)6-13(34)7-16(18)48-27(28)11-2-4-12(33)5-3-11/h2-7,10,15,17,19-21,23-26,29-39,41-44H,8-9H2,1H3/t10-,15+,17+,19-,20-,21+,23+,24-,25+,26+,29+,30+,31-,32-/m1/s1. The maximum absolute atomic E-state index is 14.0. The summed E-state index contributed by atoms with van der Waals surface area (Å²) in [7, 11) is 0. The van der Waals surface area contributed by atoms with Crippen molar-refractivity contribution in [1.82, 2.24) is 0 Å². The Labute approximate surface area is 287 Å². The highest BCUT2D eigenvalue weighted by atomic mass is 16.8. The summed E-state index contributed by atoms with van der Waals surface area (Å²) >= 11 is 0. The Morgan fingerprint density at radius 2 is 1.43 bits per heavy atom. The minimum atomic E-state index is -1.99. The lowest BCUT2D eigenvalue weighted by atomic mass is 9.98. The molecule has 6 rings (SSSR count). The lowest BCUT2D eigenvalue weighted by molar-refractivity contribution is -0.352. The molecule has 19 heteroatoms. The molecule has 4 heterocycles. The molecule has 0 saturated carbocycles. The minimum Gasteiger partial charge on any atom is -0.508 e. The molecule has 0 radical (unpaired) electrons. The third-order valence-corrected chi connectivity index (χ3v) is 8.90. The summed E-state index contributed by atoms with van der Waals surface area (Å²) in [6.07, 6.45) is -23.4. The summed E-state index contributed by atoms with van der Waals surface area (Å²) in [4.78, 5) is 14.0. The molecular formula is C32H38O19. The van der Waals surface area contributed by atoms with Gasteiger partial charge >= 0.3 is 0 Å². The van der Waals surface area contributed by atoms with Gasteiger partial charge in [-0.1, -0.05) is 0 Å². The topological polar surface area (TPSA) is 308 Å². The Balaban J connectivity index is 1.38. The van der Waals surface area contributed by atoms with Crippen LogP contribution in [0.5, 0.6) is 23.0 Å². The highest BCUT2D eigenvalue weighted by Crippen LogP contribution is 2.38. The first-order valence-corrected chi connectivity index (χ1v) is 15.8. The van der Waals surface area contributed by atoms with E-state index >= 15 is 0 Å². The number of phenols is 3. The van der Waals surface area contributed by atoms with Crippen molar-refractivity contribution in [3.63, 3.8) is 0 Å². The van der Waals surface area contributed by atoms with Gasteiger partial charge in [0.2, 0.25) is 17.5 Å². The molecule has 19 nitrogen and oxygen atoms in total. The van der Waals surface area contributed by atoms with E-state index in [1.54, 1.807) is 0 Å². The fourth-order valence-corrected chi connectivity index (χ4v) is 5.97. The third-order valence-electron chi connectivity index (χ3n) is 8.90. The first-order chi connectivity index (χ1) is 24.2. The van der Waals surface area contributed by atoms with Crippen molar-refractivity contribution in [2.75, 3.05) is 13.2 Å². The van der Waals surface area contributed by atoms with Gasteiger partial charge in [0.05, 0.1) is 19.3 Å². The summed E-state index contributed by atoms with van der Waals surface area (Å²) in [5.41, 5.74) is -1.15. The molecule has 0 unspecified atom stereocenters. The molecule has 0 aliphatic carbocycles. The van der Waals surface area contributed by atoms with Crippen LogP contribution in [0.3, 0.4) is 0 Å². The van der Waals surface area contributed by atoms with Gasteiger partial charge in [0.25, 0.3) is 0 Å². The van der Waals surface area contributed by atoms with E-state index in [-0.39, 0.29) is 22.7 Å². The van der Waals surface area contributed by atoms with Gasteiger partial charge in [-0.2, -0.15) is 0 Å². The van der Waals surface area contributed by atoms with Gasteiger partial charge in [-0.15, -0.1) is 0 Å². The van der Waals surface area contributed by atoms with E-state index in [2.05, 4.69) is 0 Å². The highest BCUT2D eigenvalue weighted by Gasteiger charge is 2.51. The molecule has 3 fully saturated rings. The molecule has 3 aromatic rings. The molecule has 0 amide bonds. The van der Waals surface area contributed by atoms with E-state index in [4.69, 9.17) is 32.8 Å². The van der Waals surface area contributed by atoms with Crippen molar-refractivity contribution in [3.8, 4) is 34.3 Å². The van der Waals surface area contributed by atoms with Gasteiger partial charge in [-0.25, -0.2) is 0 Å². The normalized spacial score (nSPS) is 37.4. The predicted molar refractivity (Wildman–Crippen MR) is 165 cm³/mol. The van der Waals surface area contributed by atoms with Crippen LogP contribution in [0.1, 0.15) is 6.92 Å². The average Bonchev–Trinajstić information content (AvgIpc) is 3.09. The molecular weight excluding hydrogens is 688 g/mol. The number of rotatable bonds is 8. The maximum Gasteiger partial charge on any atom is 0.239 e. The highest BCUT2D eigenvalue weighted by molar-refractivity contribution is 5.88. The number of benzene rings is 2. The average molecular weight is 727 g/mol. The van der Waals surface area contributed by atoms with E-state index in [0.29, 0.717) is 0 Å². The number of aliphatic hydroxyl groups excluding tert-OH is 8. The number of hydrogen-bond acceptors (Lipinski definition) is 19. The first-order valence-electron chi connectivity index (χ1n) is 15.8. The summed E-state index contributed by atoms with van der Waals surface area (Å²) in [5, 5.41) is 114. The lowest BCUT2D eigenvalue weighted by Crippen LogP contribution is -2.64. The Kier molecular flexibility index (Phi) is 10.7. The molecule has 1 aromatic heterocycles. The number of hydrogen-bond donors (Lipinski definition) is 11. The second-order valence-corrected chi connectivity index (χ2v) is 12.5. The lowest BCUT2D eigenvalue weighted by Gasteiger charge is -2.45. The third kappa shape index (κ3) is 7.22. The van der Waals surface area contributed by atoms with Gasteiger partial charge in [0.1, 0.15) is 83.2 Å². The Bertz CT molecular complexity index is 1730. The predicted octanol–water partition coefficient (Wildman–Crippen LogP) is -2.93. The second kappa shape index (κ2) is 14.8. The summed E-state index contributed by atoms with van der Waals surface area (Å²) in [6, 6.07) is 7.15. The van der Waals surface area contributed by atoms with Crippen molar-refractivity contribution in [3.05, 3.63) is 46.6 Å². The molecule has 280 valence electrons. The van der Waals surface area contributed by atoms with Gasteiger partial charge in [0.15, 0.2) is 24.4 Å². The van der Waals surface area contributed by atoms with Crippen molar-refractivity contribution >= 4 is 11.0 Å². The molecule has 11 N–H and O–H groups in total. The fourth-order valence-electron chi connectivity index (χ4n) is 5.97. The van der Waals surface area contributed by atoms with Crippen LogP contribution in [0, 0.1) is 0 Å². The second-order valence-electron chi connectivity index (χ2n) is 12.5. The van der Waals surface area contributed by atoms with Crippen LogP contribution in [0.25, 0.3) is 22.3 Å². The number of fused-ring (bicyclic) bond motifs is 1. The summed E-state index contributed by atoms with van der Waals surface area (Å²) in [5.74, 6) is -2.27. The van der Waals surface area contributed by atoms with Crippen molar-refractivity contribution in [1.29, 1.82) is 0 Å². The van der Waals surface area contributed by atoms with Crippen LogP contribution in [-0.4, -0.2) is 155 Å². The molecule has 3 aliphatic rings. The number of aliphatic hydroxyl groups is 8. The number of aromatic hydroxyl groups is 3. The molecule has 0 spiro atoms. The monoisotopic (exact) mass is 726 g/mol. The summed E-state index contributed by atoms with van der Waals surface area (Å²) < 4.78 is 39.9. The zero-order valence-corrected chi connectivity index (χ0v) is 26.6. The van der Waals surface area contributed by atoms with E-state index in [9.17, 15) is 61.0 Å². The van der Waals surface area contributed by atoms with Crippen LogP contribution in [-0.2, 0) is 23.7 Å². The maximum atomic E-state index is 14.0. The van der Waals surface area contributed by atoms with Crippen LogP contribution >= 0.6 is 0 Å². The molecule has 3 saturated heterocycles. The fraction of sp³-hybridized carbons (Fsp3) is 0.531. The van der Waals surface area contributed by atoms with Crippen molar-refractivity contribution in [2.45, 2.75) is 92.9 Å². The van der Waals surface area contributed by atoms with Crippen molar-refractivity contribution < 1.29 is 89.0 Å². The molecule has 2 aromatic carbocycles. The number of phenolic OH excluding ortho intramolecular Hbond substituents is 3. The van der Waals surface area contributed by atoms with E-state index in [1.807, 2.05) is 0 Å². The minimum absolute atomic E-state index is 0.139. The van der Waals surface area contributed by atoms with E-state index in [1.165, 1.54) is 31.2 Å². The van der Waals surface area contributed by atoms with Crippen LogP contribution in [0.15, 0.2) is 45.6 Å². The summed E-state index contributed by atoms with van der Waals surface area (Å²) in [6.45, 7) is 0.243. The van der Waals surface area contributed by atoms with E-state index in [0.717, 1.165) is 12.1 Å². The first kappa shape index (κ1) is 37.1. The molecule has 3 aliphatic heterocycles. The van der Waals surface area contributed by atoms with Crippen LogP contribution in [0.4, 0.5) is 0 Å². The van der Waals surface area contributed by atoms with Crippen molar-refractivity contribution in [2.24, 2.45) is 0 Å². The molecule has 14 atom stereocenters. The van der Waals surface area contributed by atoms with Gasteiger partial charge in [-0.3, -0.25) is 4.79 Å². The van der Waals surface area contributed by atoms with Crippen LogP contribution in [0.2, 0.25) is 0 Å². The van der Waals surface area contributed by atoms with Gasteiger partial charge in [0, 0.05) is 17.7 Å². The zero-order chi connectivity index (χ0) is 36.9. The Morgan fingerprint density at radius 3 is 2.14 bits per heavy atom. The zero-order valence-electron chi connectivity index (χ0n) is 26.6. The largest absolute Gasteiger partial charge is 0.508 e. The molecule has 0 bridgehead atoms.